The lowest BCUT2D eigenvalue weighted by Crippen LogP contribution is -2.28. The van der Waals surface area contributed by atoms with Crippen molar-refractivity contribution in [2.45, 2.75) is 13.5 Å². The van der Waals surface area contributed by atoms with Crippen LogP contribution in [0.15, 0.2) is 12.1 Å². The number of anilines is 2. The number of halogens is 1. The van der Waals surface area contributed by atoms with Gasteiger partial charge >= 0.3 is 6.03 Å². The molecule has 118 valence electrons. The SMILES string of the molecule is Cc1c(CNc2nnnn2C)ccc(Cl)c1NC(=O)N(C)C. The van der Waals surface area contributed by atoms with Crippen LogP contribution >= 0.6 is 11.6 Å². The Balaban J connectivity index is 2.19. The van der Waals surface area contributed by atoms with E-state index in [1.807, 2.05) is 13.0 Å². The van der Waals surface area contributed by atoms with Gasteiger partial charge in [0.2, 0.25) is 5.95 Å². The summed E-state index contributed by atoms with van der Waals surface area (Å²) in [5.74, 6) is 0.563. The van der Waals surface area contributed by atoms with Gasteiger partial charge < -0.3 is 15.5 Å². The number of rotatable bonds is 4. The number of tetrazole rings is 1. The highest BCUT2D eigenvalue weighted by Crippen LogP contribution is 2.29. The van der Waals surface area contributed by atoms with Crippen LogP contribution in [0.4, 0.5) is 16.4 Å². The van der Waals surface area contributed by atoms with Gasteiger partial charge in [0.05, 0.1) is 10.7 Å². The van der Waals surface area contributed by atoms with Gasteiger partial charge in [0.25, 0.3) is 0 Å². The van der Waals surface area contributed by atoms with Crippen LogP contribution in [0, 0.1) is 6.92 Å². The van der Waals surface area contributed by atoms with Gasteiger partial charge in [-0.05, 0) is 34.5 Å². The Morgan fingerprint density at radius 2 is 2.14 bits per heavy atom. The molecule has 0 atom stereocenters. The maximum absolute atomic E-state index is 11.8. The smallest absolute Gasteiger partial charge is 0.321 e. The average molecular weight is 324 g/mol. The van der Waals surface area contributed by atoms with Crippen molar-refractivity contribution >= 4 is 29.3 Å². The number of amides is 2. The van der Waals surface area contributed by atoms with E-state index in [1.165, 1.54) is 4.90 Å². The maximum Gasteiger partial charge on any atom is 0.321 e. The molecule has 0 aliphatic heterocycles. The van der Waals surface area contributed by atoms with Crippen LogP contribution in [0.2, 0.25) is 5.02 Å². The number of carbonyl (C=O) groups excluding carboxylic acids is 1. The molecule has 8 nitrogen and oxygen atoms in total. The summed E-state index contributed by atoms with van der Waals surface area (Å²) >= 11 is 6.19. The summed E-state index contributed by atoms with van der Waals surface area (Å²) in [6.45, 7) is 2.42. The molecule has 1 heterocycles. The van der Waals surface area contributed by atoms with Gasteiger partial charge in [-0.1, -0.05) is 22.8 Å². The third-order valence-electron chi connectivity index (χ3n) is 3.22. The topological polar surface area (TPSA) is 88.0 Å². The molecule has 2 N–H and O–H groups in total. The van der Waals surface area contributed by atoms with Gasteiger partial charge in [0, 0.05) is 27.7 Å². The van der Waals surface area contributed by atoms with E-state index in [0.29, 0.717) is 23.2 Å². The van der Waals surface area contributed by atoms with E-state index in [0.717, 1.165) is 11.1 Å². The predicted molar refractivity (Wildman–Crippen MR) is 85.0 cm³/mol. The number of nitrogens with zero attached hydrogens (tertiary/aromatic N) is 5. The van der Waals surface area contributed by atoms with Crippen LogP contribution in [0.3, 0.4) is 0 Å². The summed E-state index contributed by atoms with van der Waals surface area (Å²) < 4.78 is 1.54. The number of aryl methyl sites for hydroxylation is 1. The Bertz CT molecular complexity index is 683. The average Bonchev–Trinajstić information content (AvgIpc) is 2.87. The fraction of sp³-hybridized carbons (Fsp3) is 0.385. The molecule has 22 heavy (non-hydrogen) atoms. The zero-order valence-electron chi connectivity index (χ0n) is 12.9. The third kappa shape index (κ3) is 3.45. The molecule has 0 fully saturated rings. The second kappa shape index (κ2) is 6.61. The molecule has 2 aromatic rings. The first-order chi connectivity index (χ1) is 10.4. The van der Waals surface area contributed by atoms with Gasteiger partial charge in [0.15, 0.2) is 0 Å². The lowest BCUT2D eigenvalue weighted by molar-refractivity contribution is 0.230. The highest BCUT2D eigenvalue weighted by molar-refractivity contribution is 6.34. The summed E-state index contributed by atoms with van der Waals surface area (Å²) in [4.78, 5) is 13.3. The van der Waals surface area contributed by atoms with E-state index in [1.54, 1.807) is 31.9 Å². The van der Waals surface area contributed by atoms with Crippen molar-refractivity contribution in [2.24, 2.45) is 7.05 Å². The largest absolute Gasteiger partial charge is 0.349 e. The third-order valence-corrected chi connectivity index (χ3v) is 3.54. The molecule has 0 spiro atoms. The van der Waals surface area contributed by atoms with E-state index < -0.39 is 0 Å². The summed E-state index contributed by atoms with van der Waals surface area (Å²) in [6, 6.07) is 3.43. The Morgan fingerprint density at radius 3 is 2.73 bits per heavy atom. The highest BCUT2D eigenvalue weighted by Gasteiger charge is 2.13. The second-order valence-electron chi connectivity index (χ2n) is 5.01. The molecule has 0 bridgehead atoms. The molecule has 0 aliphatic rings. The molecule has 0 saturated heterocycles. The predicted octanol–water partition coefficient (Wildman–Crippen LogP) is 1.88. The molecule has 2 rings (SSSR count). The molecule has 9 heteroatoms. The first-order valence-corrected chi connectivity index (χ1v) is 7.00. The van der Waals surface area contributed by atoms with E-state index >= 15 is 0 Å². The number of carbonyl (C=O) groups is 1. The monoisotopic (exact) mass is 323 g/mol. The number of aromatic nitrogens is 4. The van der Waals surface area contributed by atoms with Crippen molar-refractivity contribution in [3.63, 3.8) is 0 Å². The first-order valence-electron chi connectivity index (χ1n) is 6.62. The minimum Gasteiger partial charge on any atom is -0.349 e. The van der Waals surface area contributed by atoms with Gasteiger partial charge in [-0.3, -0.25) is 0 Å². The molecular formula is C13H18ClN7O. The van der Waals surface area contributed by atoms with E-state index in [9.17, 15) is 4.79 Å². The Morgan fingerprint density at radius 1 is 1.41 bits per heavy atom. The number of nitrogens with one attached hydrogen (secondary N) is 2. The molecule has 0 unspecified atom stereocenters. The summed E-state index contributed by atoms with van der Waals surface area (Å²) in [7, 11) is 5.09. The van der Waals surface area contributed by atoms with Crippen LogP contribution in [-0.4, -0.2) is 45.2 Å². The van der Waals surface area contributed by atoms with Crippen LogP contribution in [-0.2, 0) is 13.6 Å². The zero-order valence-corrected chi connectivity index (χ0v) is 13.6. The number of hydrogen-bond donors (Lipinski definition) is 2. The zero-order chi connectivity index (χ0) is 16.3. The molecule has 1 aromatic heterocycles. The van der Waals surface area contributed by atoms with Gasteiger partial charge in [-0.25, -0.2) is 9.48 Å². The maximum atomic E-state index is 11.8. The van der Waals surface area contributed by atoms with Crippen molar-refractivity contribution in [3.8, 4) is 0 Å². The summed E-state index contributed by atoms with van der Waals surface area (Å²) in [5, 5.41) is 17.6. The molecule has 0 saturated carbocycles. The van der Waals surface area contributed by atoms with E-state index in [2.05, 4.69) is 26.2 Å². The molecule has 0 radical (unpaired) electrons. The Hall–Kier alpha value is -2.35. The Labute approximate surface area is 133 Å². The van der Waals surface area contributed by atoms with Crippen molar-refractivity contribution < 1.29 is 4.79 Å². The van der Waals surface area contributed by atoms with Crippen molar-refractivity contribution in [3.05, 3.63) is 28.3 Å². The molecule has 2 amide bonds. The first kappa shape index (κ1) is 16.0. The summed E-state index contributed by atoms with van der Waals surface area (Å²) in [6.07, 6.45) is 0. The lowest BCUT2D eigenvalue weighted by atomic mass is 10.1. The fourth-order valence-corrected chi connectivity index (χ4v) is 2.09. The Kier molecular flexibility index (Phi) is 4.81. The number of hydrogen-bond acceptors (Lipinski definition) is 5. The minimum absolute atomic E-state index is 0.229. The number of urea groups is 1. The van der Waals surface area contributed by atoms with Crippen LogP contribution in [0.5, 0.6) is 0 Å². The van der Waals surface area contributed by atoms with Gasteiger partial charge in [-0.15, -0.1) is 0 Å². The van der Waals surface area contributed by atoms with Crippen molar-refractivity contribution in [1.82, 2.24) is 25.1 Å². The molecule has 0 aliphatic carbocycles. The van der Waals surface area contributed by atoms with E-state index in [4.69, 9.17) is 11.6 Å². The van der Waals surface area contributed by atoms with E-state index in [-0.39, 0.29) is 6.03 Å². The van der Waals surface area contributed by atoms with Crippen LogP contribution < -0.4 is 10.6 Å². The van der Waals surface area contributed by atoms with Gasteiger partial charge in [0.1, 0.15) is 0 Å². The van der Waals surface area contributed by atoms with Crippen molar-refractivity contribution in [2.75, 3.05) is 24.7 Å². The van der Waals surface area contributed by atoms with Crippen LogP contribution in [0.25, 0.3) is 0 Å². The number of benzene rings is 1. The lowest BCUT2D eigenvalue weighted by Gasteiger charge is -2.17. The highest BCUT2D eigenvalue weighted by atomic mass is 35.5. The van der Waals surface area contributed by atoms with Crippen LogP contribution in [0.1, 0.15) is 11.1 Å². The normalized spacial score (nSPS) is 10.4. The molecular weight excluding hydrogens is 306 g/mol. The quantitative estimate of drug-likeness (QED) is 0.897. The fourth-order valence-electron chi connectivity index (χ4n) is 1.84. The van der Waals surface area contributed by atoms with Crippen molar-refractivity contribution in [1.29, 1.82) is 0 Å². The second-order valence-corrected chi connectivity index (χ2v) is 5.42. The van der Waals surface area contributed by atoms with Gasteiger partial charge in [-0.2, -0.15) is 0 Å². The molecule has 1 aromatic carbocycles. The minimum atomic E-state index is -0.229. The standard InChI is InChI=1S/C13H18ClN7O/c1-8-9(7-15-12-17-18-19-21(12)4)5-6-10(14)11(8)16-13(22)20(2)3/h5-6H,7H2,1-4H3,(H,16,22)(H,15,17,19). The summed E-state index contributed by atoms with van der Waals surface area (Å²) in [5.41, 5.74) is 2.49.